The second-order valence-electron chi connectivity index (χ2n) is 15.6. The van der Waals surface area contributed by atoms with Crippen LogP contribution in [-0.4, -0.2) is 122 Å². The number of ether oxygens (including phenoxy) is 3. The molecule has 0 atom stereocenters. The minimum absolute atomic E-state index is 0.107. The molecule has 2 saturated heterocycles. The number of halogens is 1. The fourth-order valence-electron chi connectivity index (χ4n) is 6.14. The van der Waals surface area contributed by atoms with E-state index in [4.69, 9.17) is 21.3 Å². The molecule has 0 aliphatic carbocycles. The van der Waals surface area contributed by atoms with Crippen molar-refractivity contribution >= 4 is 64.4 Å². The lowest BCUT2D eigenvalue weighted by Gasteiger charge is -2.28. The van der Waals surface area contributed by atoms with Gasteiger partial charge in [-0.05, 0) is 79.8 Å². The first kappa shape index (κ1) is 57.3. The molecule has 0 spiro atoms. The highest BCUT2D eigenvalue weighted by molar-refractivity contribution is 6.00. The number of unbranched alkanes of at least 4 members (excludes halogenated alkanes) is 4. The van der Waals surface area contributed by atoms with E-state index in [0.717, 1.165) is 36.9 Å². The van der Waals surface area contributed by atoms with Gasteiger partial charge in [-0.15, -0.1) is 0 Å². The summed E-state index contributed by atoms with van der Waals surface area (Å²) in [4.78, 5) is 106. The lowest BCUT2D eigenvalue weighted by molar-refractivity contribution is -0.384. The molecule has 2 heterocycles. The molecule has 3 aromatic rings. The van der Waals surface area contributed by atoms with Crippen molar-refractivity contribution in [1.82, 2.24) is 15.1 Å². The summed E-state index contributed by atoms with van der Waals surface area (Å²) in [7, 11) is -1.00. The number of non-ortho nitro benzene ring substituents is 1. The van der Waals surface area contributed by atoms with Crippen LogP contribution in [0.25, 0.3) is 0 Å². The van der Waals surface area contributed by atoms with Crippen molar-refractivity contribution in [3.8, 4) is 5.75 Å². The van der Waals surface area contributed by atoms with Gasteiger partial charge in [0.25, 0.3) is 5.69 Å². The number of benzene rings is 3. The molecule has 2 aliphatic rings. The van der Waals surface area contributed by atoms with E-state index < -0.39 is 30.6 Å². The van der Waals surface area contributed by atoms with Gasteiger partial charge in [-0.25, -0.2) is 4.79 Å². The predicted octanol–water partition coefficient (Wildman–Crippen LogP) is 5.21. The second kappa shape index (κ2) is 34.3. The van der Waals surface area contributed by atoms with Gasteiger partial charge in [0.15, 0.2) is 0 Å². The van der Waals surface area contributed by atoms with E-state index in [9.17, 15) is 52.9 Å². The first-order valence-corrected chi connectivity index (χ1v) is 23.0. The Kier molecular flexibility index (Phi) is 28.1. The van der Waals surface area contributed by atoms with Gasteiger partial charge in [-0.3, -0.25) is 57.9 Å². The molecule has 7 amide bonds. The van der Waals surface area contributed by atoms with Gasteiger partial charge in [-0.2, -0.15) is 0 Å². The quantitative estimate of drug-likeness (QED) is 0.0212. The number of alkyl halides is 1. The summed E-state index contributed by atoms with van der Waals surface area (Å²) in [5.74, 6) is -2.26. The summed E-state index contributed by atoms with van der Waals surface area (Å²) in [6.07, 6.45) is 9.25. The maximum absolute atomic E-state index is 12.0. The molecule has 5 N–H and O–H groups in total. The van der Waals surface area contributed by atoms with Gasteiger partial charge in [0, 0.05) is 68.8 Å². The number of nitro groups is 1. The van der Waals surface area contributed by atoms with Crippen LogP contribution in [0.3, 0.4) is 0 Å². The molecule has 0 unspecified atom stereocenters. The van der Waals surface area contributed by atoms with Crippen LogP contribution >= 0.6 is 0 Å². The highest BCUT2D eigenvalue weighted by Gasteiger charge is 2.30. The molecule has 3 aromatic carbocycles. The van der Waals surface area contributed by atoms with Crippen LogP contribution in [0.1, 0.15) is 90.6 Å². The second-order valence-corrected chi connectivity index (χ2v) is 15.6. The Morgan fingerprint density at radius 1 is 0.686 bits per heavy atom. The highest BCUT2D eigenvalue weighted by atomic mass is 19.1. The molecule has 20 nitrogen and oxygen atoms in total. The van der Waals surface area contributed by atoms with Gasteiger partial charge in [-0.1, -0.05) is 63.8 Å². The standard InChI is InChI=1S/C22H21N3O8.C21H29N3O5.C5H13N.CH3F/c26-19(13-32-14-22(29)33-18-8-6-17(7-9-18)25(30)31)23-16-4-1-15(2-5-16)3-10-20(27)24-12-11-21(24)28;1-2-3-4-12-22-18(25)14-29-15-19(26)23-17-8-5-16(6-9-17)7-10-20(27)24-13-11-21(24)28;1-2-3-4-5-6;1-2/h1-2,4-9H,3,10-14H2,(H,23,26);5-6,8-9H,2-4,7,10-15H2,1H3,(H,22,25)(H,23,26);2-6H2,1H3;1H3/i;;;1D. The van der Waals surface area contributed by atoms with Gasteiger partial charge in [0.05, 0.1) is 13.4 Å². The van der Waals surface area contributed by atoms with Crippen LogP contribution in [0, 0.1) is 10.1 Å². The van der Waals surface area contributed by atoms with Crippen molar-refractivity contribution < 1.29 is 63.3 Å². The zero-order valence-electron chi connectivity index (χ0n) is 40.9. The monoisotopic (exact) mass is 980 g/mol. The zero-order chi connectivity index (χ0) is 52.4. The third-order valence-corrected chi connectivity index (χ3v) is 10.1. The third-order valence-electron chi connectivity index (χ3n) is 10.1. The first-order valence-electron chi connectivity index (χ1n) is 23.7. The van der Waals surface area contributed by atoms with Gasteiger partial charge < -0.3 is 35.9 Å². The van der Waals surface area contributed by atoms with Crippen molar-refractivity contribution in [2.75, 3.05) is 70.4 Å². The molecule has 21 heteroatoms. The number of amides is 7. The number of anilines is 2. The summed E-state index contributed by atoms with van der Waals surface area (Å²) < 4.78 is 30.6. The molecule has 0 aromatic heterocycles. The average Bonchev–Trinajstić information content (AvgIpc) is 3.34. The molecule has 0 bridgehead atoms. The number of nitrogens with one attached hydrogen (secondary N) is 3. The summed E-state index contributed by atoms with van der Waals surface area (Å²) in [5.41, 5.74) is 8.04. The van der Waals surface area contributed by atoms with Crippen molar-refractivity contribution in [2.45, 2.75) is 90.9 Å². The predicted molar refractivity (Wildman–Crippen MR) is 258 cm³/mol. The normalized spacial score (nSPS) is 12.4. The minimum Gasteiger partial charge on any atom is -0.425 e. The molecule has 382 valence electrons. The van der Waals surface area contributed by atoms with Crippen LogP contribution in [-0.2, 0) is 60.7 Å². The van der Waals surface area contributed by atoms with E-state index in [1.165, 1.54) is 53.3 Å². The number of hydrogen-bond acceptors (Lipinski definition) is 14. The smallest absolute Gasteiger partial charge is 0.337 e. The third kappa shape index (κ3) is 23.8. The molecule has 0 saturated carbocycles. The van der Waals surface area contributed by atoms with E-state index in [0.29, 0.717) is 56.7 Å². The van der Waals surface area contributed by atoms with Crippen molar-refractivity contribution in [1.29, 1.82) is 0 Å². The van der Waals surface area contributed by atoms with Crippen molar-refractivity contribution in [2.24, 2.45) is 5.73 Å². The number of likely N-dealkylation sites (tertiary alicyclic amines) is 2. The SMILES string of the molecule is CCCCCN.CCCCCNC(=O)COCC(=O)Nc1ccc(CCC(=O)N2CCC2=O)cc1.O=C(COCC(=O)Oc1ccc([N+](=O)[O-])cc1)Nc1ccc(CCC(=O)N2CCC2=O)cc1.[2H]CF. The Labute approximate surface area is 408 Å². The van der Waals surface area contributed by atoms with Crippen LogP contribution < -0.4 is 26.4 Å². The number of rotatable bonds is 25. The molecule has 2 fully saturated rings. The number of hydrogen-bond donors (Lipinski definition) is 4. The maximum Gasteiger partial charge on any atom is 0.337 e. The Balaban J connectivity index is 0.000000418. The molecule has 0 radical (unpaired) electrons. The topological polar surface area (TPSA) is 276 Å². The molecule has 5 rings (SSSR count). The number of nitrogens with zero attached hydrogens (tertiary/aromatic N) is 3. The number of carbonyl (C=O) groups excluding carboxylic acids is 8. The summed E-state index contributed by atoms with van der Waals surface area (Å²) in [6, 6.07) is 19.0. The number of esters is 1. The Hall–Kier alpha value is -6.97. The summed E-state index contributed by atoms with van der Waals surface area (Å²) in [6.45, 7) is 5.54. The number of aryl methyl sites for hydroxylation is 2. The van der Waals surface area contributed by atoms with E-state index in [-0.39, 0.29) is 79.5 Å². The number of nitrogens with two attached hydrogens (primary N) is 1. The number of carbonyl (C=O) groups is 8. The molecule has 70 heavy (non-hydrogen) atoms. The minimum atomic E-state index is -1.00. The fraction of sp³-hybridized carbons (Fsp3) is 0.469. The summed E-state index contributed by atoms with van der Waals surface area (Å²) >= 11 is 0. The van der Waals surface area contributed by atoms with Gasteiger partial charge in [0.2, 0.25) is 41.4 Å². The Bertz CT molecular complexity index is 2160. The van der Waals surface area contributed by atoms with Crippen molar-refractivity contribution in [3.05, 3.63) is 94.0 Å². The highest BCUT2D eigenvalue weighted by Crippen LogP contribution is 2.19. The number of β-lactam (4-membered cyclic amide) rings is 2. The number of imide groups is 2. The van der Waals surface area contributed by atoms with Gasteiger partial charge >= 0.3 is 5.97 Å². The van der Waals surface area contributed by atoms with E-state index in [1.54, 1.807) is 36.4 Å². The molecular weight excluding hydrogens is 914 g/mol. The maximum atomic E-state index is 12.0. The molecular formula is C49H66FN7O13. The van der Waals surface area contributed by atoms with Crippen LogP contribution in [0.5, 0.6) is 5.75 Å². The summed E-state index contributed by atoms with van der Waals surface area (Å²) in [5, 5.41) is 18.7. The zero-order valence-corrected chi connectivity index (χ0v) is 39.9. The Morgan fingerprint density at radius 2 is 1.13 bits per heavy atom. The van der Waals surface area contributed by atoms with E-state index in [2.05, 4.69) is 29.8 Å². The lowest BCUT2D eigenvalue weighted by Crippen LogP contribution is -2.47. The van der Waals surface area contributed by atoms with Crippen LogP contribution in [0.15, 0.2) is 72.8 Å². The van der Waals surface area contributed by atoms with Gasteiger partial charge in [0.1, 0.15) is 32.2 Å². The van der Waals surface area contributed by atoms with E-state index >= 15 is 0 Å². The number of nitro benzene ring substituents is 1. The Morgan fingerprint density at radius 3 is 1.51 bits per heavy atom. The molecule has 2 aliphatic heterocycles. The average molecular weight is 981 g/mol. The first-order chi connectivity index (χ1) is 34.1. The lowest BCUT2D eigenvalue weighted by atomic mass is 10.1. The van der Waals surface area contributed by atoms with Crippen molar-refractivity contribution in [3.63, 3.8) is 0 Å². The fourth-order valence-corrected chi connectivity index (χ4v) is 6.14. The van der Waals surface area contributed by atoms with E-state index in [1.807, 2.05) is 12.1 Å². The van der Waals surface area contributed by atoms with Crippen LogP contribution in [0.2, 0.25) is 0 Å². The largest absolute Gasteiger partial charge is 0.425 e. The van der Waals surface area contributed by atoms with Crippen LogP contribution in [0.4, 0.5) is 21.5 Å².